The van der Waals surface area contributed by atoms with Crippen LogP contribution < -0.4 is 0 Å². The van der Waals surface area contributed by atoms with Crippen molar-refractivity contribution in [2.75, 3.05) is 19.0 Å². The van der Waals surface area contributed by atoms with E-state index in [1.54, 1.807) is 6.07 Å². The first-order valence-corrected chi connectivity index (χ1v) is 12.5. The van der Waals surface area contributed by atoms with Gasteiger partial charge in [-0.15, -0.1) is 5.10 Å². The minimum atomic E-state index is -1.46. The summed E-state index contributed by atoms with van der Waals surface area (Å²) in [5, 5.41) is 7.82. The highest BCUT2D eigenvalue weighted by atomic mass is 35.5. The van der Waals surface area contributed by atoms with Gasteiger partial charge in [-0.3, -0.25) is 19.5 Å². The van der Waals surface area contributed by atoms with E-state index in [2.05, 4.69) is 22.1 Å². The molecule has 0 radical (unpaired) electrons. The lowest BCUT2D eigenvalue weighted by molar-refractivity contribution is -0.162. The van der Waals surface area contributed by atoms with E-state index in [-0.39, 0.29) is 31.0 Å². The average molecular weight is 508 g/mol. The molecule has 2 aliphatic heterocycles. The lowest BCUT2D eigenvalue weighted by Crippen LogP contribution is -2.38. The molecule has 9 nitrogen and oxygen atoms in total. The van der Waals surface area contributed by atoms with Gasteiger partial charge in [0.2, 0.25) is 5.16 Å². The maximum absolute atomic E-state index is 13.0. The lowest BCUT2D eigenvalue weighted by atomic mass is 9.77. The van der Waals surface area contributed by atoms with Gasteiger partial charge in [-0.25, -0.2) is 4.98 Å². The quantitative estimate of drug-likeness (QED) is 0.222. The monoisotopic (exact) mass is 507 g/mol. The van der Waals surface area contributed by atoms with Gasteiger partial charge in [-0.05, 0) is 25.5 Å². The molecule has 0 bridgehead atoms. The van der Waals surface area contributed by atoms with Crippen LogP contribution in [-0.4, -0.2) is 63.6 Å². The van der Waals surface area contributed by atoms with E-state index in [4.69, 9.17) is 25.8 Å². The Morgan fingerprint density at radius 2 is 2.12 bits per heavy atom. The molecule has 2 fully saturated rings. The molecule has 3 atom stereocenters. The fourth-order valence-corrected chi connectivity index (χ4v) is 5.21. The van der Waals surface area contributed by atoms with Crippen molar-refractivity contribution in [3.63, 3.8) is 0 Å². The van der Waals surface area contributed by atoms with Crippen molar-refractivity contribution >= 4 is 41.1 Å². The third kappa shape index (κ3) is 4.85. The van der Waals surface area contributed by atoms with Crippen molar-refractivity contribution in [2.45, 2.75) is 56.4 Å². The highest BCUT2D eigenvalue weighted by Crippen LogP contribution is 2.49. The molecule has 0 saturated carbocycles. The molecule has 1 N–H and O–H groups in total. The van der Waals surface area contributed by atoms with Crippen LogP contribution >= 0.6 is 23.4 Å². The molecule has 0 aliphatic carbocycles. The number of nitrogens with one attached hydrogen (secondary N) is 1. The van der Waals surface area contributed by atoms with Crippen LogP contribution in [0, 0.1) is 5.41 Å². The SMILES string of the molecule is CCCCOC[C@@H]1C[C@]2(C[C@](C)(C(=O)CSc3n[nH]c(-c4ccccc4Cl)n3)OC2=O)C(=O)O1. The van der Waals surface area contributed by atoms with Crippen molar-refractivity contribution in [1.29, 1.82) is 0 Å². The smallest absolute Gasteiger partial charge is 0.324 e. The van der Waals surface area contributed by atoms with Crippen LogP contribution in [0.3, 0.4) is 0 Å². The predicted octanol–water partition coefficient (Wildman–Crippen LogP) is 3.61. The number of aromatic amines is 1. The van der Waals surface area contributed by atoms with E-state index in [0.717, 1.165) is 24.6 Å². The Labute approximate surface area is 206 Å². The van der Waals surface area contributed by atoms with Crippen molar-refractivity contribution < 1.29 is 28.6 Å². The number of H-pyrrole nitrogens is 1. The molecule has 0 unspecified atom stereocenters. The number of rotatable bonds is 10. The fourth-order valence-electron chi connectivity index (χ4n) is 4.15. The van der Waals surface area contributed by atoms with Gasteiger partial charge in [0.1, 0.15) is 6.10 Å². The summed E-state index contributed by atoms with van der Waals surface area (Å²) in [5.41, 5.74) is -2.19. The zero-order chi connectivity index (χ0) is 24.3. The van der Waals surface area contributed by atoms with E-state index >= 15 is 0 Å². The molecule has 11 heteroatoms. The number of halogens is 1. The maximum atomic E-state index is 13.0. The number of hydrogen-bond donors (Lipinski definition) is 1. The van der Waals surface area contributed by atoms with Crippen LogP contribution in [0.5, 0.6) is 0 Å². The first kappa shape index (κ1) is 24.7. The number of hydrogen-bond acceptors (Lipinski definition) is 9. The van der Waals surface area contributed by atoms with E-state index in [1.807, 2.05) is 18.2 Å². The number of esters is 2. The number of cyclic esters (lactones) is 2. The number of aromatic nitrogens is 3. The van der Waals surface area contributed by atoms with E-state index in [9.17, 15) is 14.4 Å². The summed E-state index contributed by atoms with van der Waals surface area (Å²) in [6.45, 7) is 4.38. The van der Waals surface area contributed by atoms with Gasteiger partial charge in [-0.2, -0.15) is 0 Å². The highest BCUT2D eigenvalue weighted by molar-refractivity contribution is 7.99. The molecule has 1 aromatic carbocycles. The van der Waals surface area contributed by atoms with Gasteiger partial charge in [0, 0.05) is 25.0 Å². The molecule has 1 aromatic heterocycles. The molecule has 182 valence electrons. The van der Waals surface area contributed by atoms with Crippen LogP contribution in [-0.2, 0) is 28.6 Å². The molecule has 1 spiro atoms. The largest absolute Gasteiger partial charge is 0.459 e. The molecule has 3 heterocycles. The van der Waals surface area contributed by atoms with Crippen LogP contribution in [0.15, 0.2) is 29.4 Å². The summed E-state index contributed by atoms with van der Waals surface area (Å²) in [5.74, 6) is -1.24. The molecule has 2 aromatic rings. The topological polar surface area (TPSA) is 120 Å². The Hall–Kier alpha value is -2.43. The fraction of sp³-hybridized carbons (Fsp3) is 0.522. The second kappa shape index (κ2) is 10.1. The Balaban J connectivity index is 1.37. The highest BCUT2D eigenvalue weighted by Gasteiger charge is 2.66. The number of carbonyl (C=O) groups excluding carboxylic acids is 3. The van der Waals surface area contributed by atoms with Crippen molar-refractivity contribution in [1.82, 2.24) is 15.2 Å². The van der Waals surface area contributed by atoms with Crippen LogP contribution in [0.4, 0.5) is 0 Å². The number of Topliss-reactive ketones (excluding diaryl/α,β-unsaturated/α-hetero) is 1. The van der Waals surface area contributed by atoms with Gasteiger partial charge in [0.25, 0.3) is 0 Å². The number of ether oxygens (including phenoxy) is 3. The number of unbranched alkanes of at least 4 members (excludes halogenated alkanes) is 1. The van der Waals surface area contributed by atoms with E-state index in [0.29, 0.717) is 28.2 Å². The molecule has 2 aliphatic rings. The molecule has 34 heavy (non-hydrogen) atoms. The van der Waals surface area contributed by atoms with Gasteiger partial charge in [0.15, 0.2) is 22.6 Å². The van der Waals surface area contributed by atoms with Gasteiger partial charge >= 0.3 is 11.9 Å². The van der Waals surface area contributed by atoms with Gasteiger partial charge < -0.3 is 14.2 Å². The Morgan fingerprint density at radius 1 is 1.32 bits per heavy atom. The van der Waals surface area contributed by atoms with Crippen LogP contribution in [0.1, 0.15) is 39.5 Å². The second-order valence-electron chi connectivity index (χ2n) is 8.70. The van der Waals surface area contributed by atoms with Crippen LogP contribution in [0.2, 0.25) is 5.02 Å². The second-order valence-corrected chi connectivity index (χ2v) is 10.0. The van der Waals surface area contributed by atoms with E-state index < -0.39 is 29.1 Å². The summed E-state index contributed by atoms with van der Waals surface area (Å²) in [6, 6.07) is 7.20. The summed E-state index contributed by atoms with van der Waals surface area (Å²) in [7, 11) is 0. The minimum absolute atomic E-state index is 0.0295. The third-order valence-corrected chi connectivity index (χ3v) is 7.23. The third-order valence-electron chi connectivity index (χ3n) is 6.05. The summed E-state index contributed by atoms with van der Waals surface area (Å²) < 4.78 is 16.4. The number of thioether (sulfide) groups is 1. The van der Waals surface area contributed by atoms with Crippen LogP contribution in [0.25, 0.3) is 11.4 Å². The molecule has 4 rings (SSSR count). The normalized spacial score (nSPS) is 26.1. The van der Waals surface area contributed by atoms with Crippen molar-refractivity contribution in [3.8, 4) is 11.4 Å². The molecule has 0 amide bonds. The number of benzene rings is 1. The summed E-state index contributed by atoms with van der Waals surface area (Å²) in [6.07, 6.45) is 1.47. The molecular weight excluding hydrogens is 482 g/mol. The molecular formula is C23H26ClN3O6S. The first-order valence-electron chi connectivity index (χ1n) is 11.1. The van der Waals surface area contributed by atoms with Gasteiger partial charge in [-0.1, -0.05) is 48.8 Å². The van der Waals surface area contributed by atoms with E-state index in [1.165, 1.54) is 6.92 Å². The zero-order valence-corrected chi connectivity index (χ0v) is 20.5. The first-order chi connectivity index (χ1) is 16.3. The number of nitrogens with zero attached hydrogens (tertiary/aromatic N) is 2. The van der Waals surface area contributed by atoms with Crippen molar-refractivity contribution in [2.24, 2.45) is 5.41 Å². The Bertz CT molecular complexity index is 1090. The summed E-state index contributed by atoms with van der Waals surface area (Å²) >= 11 is 7.31. The Kier molecular flexibility index (Phi) is 7.30. The lowest BCUT2D eigenvalue weighted by Gasteiger charge is -2.20. The number of carbonyl (C=O) groups is 3. The summed E-state index contributed by atoms with van der Waals surface area (Å²) in [4.78, 5) is 42.8. The number of ketones is 1. The predicted molar refractivity (Wildman–Crippen MR) is 124 cm³/mol. The zero-order valence-electron chi connectivity index (χ0n) is 19.0. The average Bonchev–Trinajstić information content (AvgIpc) is 3.47. The van der Waals surface area contributed by atoms with Crippen molar-refractivity contribution in [3.05, 3.63) is 29.3 Å². The molecule has 2 saturated heterocycles. The minimum Gasteiger partial charge on any atom is -0.459 e. The van der Waals surface area contributed by atoms with Gasteiger partial charge in [0.05, 0.1) is 17.4 Å². The Morgan fingerprint density at radius 3 is 2.88 bits per heavy atom. The maximum Gasteiger partial charge on any atom is 0.324 e. The standard InChI is InChI=1S/C23H26ClN3O6S/c1-3-4-9-31-11-14-10-23(19(29)32-14)13-22(2,33-20(23)30)17(28)12-34-21-25-18(26-27-21)15-7-5-6-8-16(15)24/h5-8,14H,3-4,9-13H2,1-2H3,(H,25,26,27)/t14-,22+,23-/m0/s1.